The van der Waals surface area contributed by atoms with Gasteiger partial charge in [0, 0.05) is 7.11 Å². The molecule has 6 nitrogen and oxygen atoms in total. The van der Waals surface area contributed by atoms with Crippen molar-refractivity contribution in [3.05, 3.63) is 0 Å². The van der Waals surface area contributed by atoms with Crippen LogP contribution in [-0.4, -0.2) is 31.4 Å². The van der Waals surface area contributed by atoms with Gasteiger partial charge in [0.15, 0.2) is 0 Å². The van der Waals surface area contributed by atoms with Gasteiger partial charge in [-0.1, -0.05) is 0 Å². The average Bonchev–Trinajstić information content (AvgIpc) is 2.13. The molecule has 0 saturated carbocycles. The SMILES string of the molecule is CCOP(=O)(CCCO[PH](=O)O)OC. The molecule has 0 spiro atoms. The molecule has 0 radical (unpaired) electrons. The minimum absolute atomic E-state index is 0.0781. The molecule has 14 heavy (non-hydrogen) atoms. The molecule has 0 heterocycles. The fraction of sp³-hybridized carbons (Fsp3) is 1.00. The van der Waals surface area contributed by atoms with Gasteiger partial charge >= 0.3 is 15.9 Å². The van der Waals surface area contributed by atoms with Crippen molar-refractivity contribution in [2.75, 3.05) is 26.5 Å². The molecule has 0 aromatic rings. The van der Waals surface area contributed by atoms with Crippen LogP contribution in [0.5, 0.6) is 0 Å². The van der Waals surface area contributed by atoms with E-state index in [0.29, 0.717) is 13.0 Å². The molecule has 8 heteroatoms. The first-order chi connectivity index (χ1) is 6.54. The van der Waals surface area contributed by atoms with Crippen LogP contribution < -0.4 is 0 Å². The van der Waals surface area contributed by atoms with Crippen LogP contribution in [0.15, 0.2) is 0 Å². The van der Waals surface area contributed by atoms with E-state index in [2.05, 4.69) is 4.52 Å². The standard InChI is InChI=1S/C6H16O6P2/c1-3-12-14(9,10-2)6-4-5-11-13(7)8/h13H,3-6H2,1-2H3,(H,7,8). The molecule has 0 aliphatic heterocycles. The second kappa shape index (κ2) is 7.57. The third kappa shape index (κ3) is 6.71. The van der Waals surface area contributed by atoms with Crippen LogP contribution in [0.4, 0.5) is 0 Å². The normalized spacial score (nSPS) is 17.6. The highest BCUT2D eigenvalue weighted by Crippen LogP contribution is 2.47. The summed E-state index contributed by atoms with van der Waals surface area (Å²) in [6.07, 6.45) is 0.550. The quantitative estimate of drug-likeness (QED) is 0.518. The van der Waals surface area contributed by atoms with Gasteiger partial charge in [-0.05, 0) is 13.3 Å². The summed E-state index contributed by atoms with van der Waals surface area (Å²) in [4.78, 5) is 8.33. The summed E-state index contributed by atoms with van der Waals surface area (Å²) in [5, 5.41) is 0. The molecule has 0 aliphatic carbocycles. The first kappa shape index (κ1) is 14.3. The minimum atomic E-state index is -3.01. The molecule has 0 saturated heterocycles. The van der Waals surface area contributed by atoms with Gasteiger partial charge in [-0.2, -0.15) is 0 Å². The number of rotatable bonds is 8. The van der Waals surface area contributed by atoms with E-state index in [1.807, 2.05) is 0 Å². The van der Waals surface area contributed by atoms with Crippen LogP contribution in [-0.2, 0) is 22.7 Å². The first-order valence-corrected chi connectivity index (χ1v) is 7.18. The molecule has 0 aromatic heterocycles. The van der Waals surface area contributed by atoms with E-state index in [0.717, 1.165) is 0 Å². The van der Waals surface area contributed by atoms with E-state index in [-0.39, 0.29) is 12.8 Å². The summed E-state index contributed by atoms with van der Waals surface area (Å²) in [7, 11) is -4.59. The Balaban J connectivity index is 3.73. The van der Waals surface area contributed by atoms with Gasteiger partial charge < -0.3 is 18.5 Å². The summed E-state index contributed by atoms with van der Waals surface area (Å²) >= 11 is 0. The van der Waals surface area contributed by atoms with Crippen molar-refractivity contribution in [3.63, 3.8) is 0 Å². The van der Waals surface area contributed by atoms with Crippen LogP contribution >= 0.6 is 15.9 Å². The monoisotopic (exact) mass is 246 g/mol. The summed E-state index contributed by atoms with van der Waals surface area (Å²) in [6.45, 7) is 2.10. The van der Waals surface area contributed by atoms with Crippen LogP contribution in [0, 0.1) is 0 Å². The van der Waals surface area contributed by atoms with Crippen molar-refractivity contribution < 1.29 is 27.6 Å². The van der Waals surface area contributed by atoms with Gasteiger partial charge in [-0.15, -0.1) is 0 Å². The zero-order valence-electron chi connectivity index (χ0n) is 8.26. The lowest BCUT2D eigenvalue weighted by Gasteiger charge is -2.14. The fourth-order valence-electron chi connectivity index (χ4n) is 0.823. The molecular formula is C6H16O6P2. The van der Waals surface area contributed by atoms with Crippen molar-refractivity contribution in [1.29, 1.82) is 0 Å². The topological polar surface area (TPSA) is 82.1 Å². The van der Waals surface area contributed by atoms with Crippen LogP contribution in [0.3, 0.4) is 0 Å². The minimum Gasteiger partial charge on any atom is -0.326 e. The second-order valence-electron chi connectivity index (χ2n) is 2.40. The largest absolute Gasteiger partial charge is 0.330 e. The Labute approximate surface area is 84.0 Å². The predicted molar refractivity (Wildman–Crippen MR) is 52.9 cm³/mol. The van der Waals surface area contributed by atoms with Crippen molar-refractivity contribution in [1.82, 2.24) is 0 Å². The molecule has 0 bridgehead atoms. The van der Waals surface area contributed by atoms with Gasteiger partial charge in [-0.25, -0.2) is 0 Å². The Hall–Kier alpha value is 0.300. The summed E-state index contributed by atoms with van der Waals surface area (Å²) < 4.78 is 35.8. The molecule has 0 fully saturated rings. The Morgan fingerprint density at radius 2 is 2.14 bits per heavy atom. The van der Waals surface area contributed by atoms with E-state index in [1.165, 1.54) is 7.11 Å². The molecule has 2 atom stereocenters. The molecule has 2 unspecified atom stereocenters. The predicted octanol–water partition coefficient (Wildman–Crippen LogP) is 1.65. The fourth-order valence-corrected chi connectivity index (χ4v) is 2.47. The summed E-state index contributed by atoms with van der Waals surface area (Å²) in [5.41, 5.74) is 0. The second-order valence-corrected chi connectivity index (χ2v) is 5.52. The summed E-state index contributed by atoms with van der Waals surface area (Å²) in [5.74, 6) is 0. The maximum atomic E-state index is 11.6. The first-order valence-electron chi connectivity index (χ1n) is 4.19. The molecule has 0 amide bonds. The highest BCUT2D eigenvalue weighted by Gasteiger charge is 2.21. The molecule has 0 rings (SSSR count). The smallest absolute Gasteiger partial charge is 0.326 e. The molecule has 0 aromatic carbocycles. The van der Waals surface area contributed by atoms with E-state index in [9.17, 15) is 9.13 Å². The Morgan fingerprint density at radius 3 is 2.57 bits per heavy atom. The lowest BCUT2D eigenvalue weighted by atomic mass is 10.5. The maximum absolute atomic E-state index is 11.6. The molecular weight excluding hydrogens is 230 g/mol. The van der Waals surface area contributed by atoms with Crippen molar-refractivity contribution in [2.45, 2.75) is 13.3 Å². The van der Waals surface area contributed by atoms with Crippen molar-refractivity contribution in [2.24, 2.45) is 0 Å². The van der Waals surface area contributed by atoms with E-state index < -0.39 is 15.9 Å². The third-order valence-electron chi connectivity index (χ3n) is 1.41. The highest BCUT2D eigenvalue weighted by molar-refractivity contribution is 7.53. The zero-order chi connectivity index (χ0) is 11.0. The van der Waals surface area contributed by atoms with Gasteiger partial charge in [0.1, 0.15) is 0 Å². The Bertz CT molecular complexity index is 218. The Kier molecular flexibility index (Phi) is 7.74. The van der Waals surface area contributed by atoms with Crippen LogP contribution in [0.2, 0.25) is 0 Å². The molecule has 1 N–H and O–H groups in total. The van der Waals surface area contributed by atoms with E-state index in [4.69, 9.17) is 13.9 Å². The van der Waals surface area contributed by atoms with E-state index >= 15 is 0 Å². The molecule has 0 aliphatic rings. The molecule has 86 valence electrons. The van der Waals surface area contributed by atoms with Gasteiger partial charge in [-0.3, -0.25) is 9.13 Å². The number of hydrogen-bond acceptors (Lipinski definition) is 5. The van der Waals surface area contributed by atoms with Crippen LogP contribution in [0.1, 0.15) is 13.3 Å². The number of hydrogen-bond donors (Lipinski definition) is 1. The van der Waals surface area contributed by atoms with Gasteiger partial charge in [0.05, 0.1) is 19.4 Å². The summed E-state index contributed by atoms with van der Waals surface area (Å²) in [6, 6.07) is 0. The Morgan fingerprint density at radius 1 is 1.50 bits per heavy atom. The maximum Gasteiger partial charge on any atom is 0.330 e. The lowest BCUT2D eigenvalue weighted by molar-refractivity contribution is 0.237. The average molecular weight is 246 g/mol. The van der Waals surface area contributed by atoms with Gasteiger partial charge in [0.25, 0.3) is 0 Å². The van der Waals surface area contributed by atoms with Crippen molar-refractivity contribution >= 4 is 15.9 Å². The highest BCUT2D eigenvalue weighted by atomic mass is 31.2. The third-order valence-corrected chi connectivity index (χ3v) is 3.93. The van der Waals surface area contributed by atoms with Crippen LogP contribution in [0.25, 0.3) is 0 Å². The van der Waals surface area contributed by atoms with Crippen molar-refractivity contribution in [3.8, 4) is 0 Å². The zero-order valence-corrected chi connectivity index (χ0v) is 10.2. The lowest BCUT2D eigenvalue weighted by Crippen LogP contribution is -2.00. The van der Waals surface area contributed by atoms with E-state index in [1.54, 1.807) is 6.92 Å². The van der Waals surface area contributed by atoms with Gasteiger partial charge in [0.2, 0.25) is 0 Å².